The van der Waals surface area contributed by atoms with E-state index in [1.165, 1.54) is 19.2 Å². The van der Waals surface area contributed by atoms with Gasteiger partial charge in [0.15, 0.2) is 11.6 Å². The van der Waals surface area contributed by atoms with Crippen molar-refractivity contribution < 1.29 is 18.3 Å². The molecule has 0 fully saturated rings. The zero-order chi connectivity index (χ0) is 17.5. The Balaban J connectivity index is 2.18. The van der Waals surface area contributed by atoms with E-state index in [0.29, 0.717) is 37.4 Å². The van der Waals surface area contributed by atoms with Crippen LogP contribution in [0, 0.1) is 11.6 Å². The first-order chi connectivity index (χ1) is 11.5. The Morgan fingerprint density at radius 1 is 1.04 bits per heavy atom. The van der Waals surface area contributed by atoms with E-state index in [9.17, 15) is 8.78 Å². The van der Waals surface area contributed by atoms with Gasteiger partial charge in [0.2, 0.25) is 0 Å². The number of ether oxygens (including phenoxy) is 2. The standard InChI is InChI=1S/C18H20ClF2NO2/c1-23-8-7-22(12-14-5-3-4-6-16(14)20)11-13-9-15(19)18(24-2)17(21)10-13/h3-6,9-10H,7-8,11-12H2,1-2H3. The molecule has 0 saturated carbocycles. The van der Waals surface area contributed by atoms with Crippen LogP contribution in [0.2, 0.25) is 5.02 Å². The highest BCUT2D eigenvalue weighted by atomic mass is 35.5. The van der Waals surface area contributed by atoms with E-state index in [0.717, 1.165) is 0 Å². The van der Waals surface area contributed by atoms with Gasteiger partial charge in [0.25, 0.3) is 0 Å². The van der Waals surface area contributed by atoms with Gasteiger partial charge in [-0.05, 0) is 23.8 Å². The highest BCUT2D eigenvalue weighted by Crippen LogP contribution is 2.29. The Bertz CT molecular complexity index is 659. The summed E-state index contributed by atoms with van der Waals surface area (Å²) in [5.74, 6) is -0.755. The summed E-state index contributed by atoms with van der Waals surface area (Å²) in [6.45, 7) is 1.87. The van der Waals surface area contributed by atoms with Crippen molar-refractivity contribution >= 4 is 11.6 Å². The van der Waals surface area contributed by atoms with Gasteiger partial charge in [0, 0.05) is 32.3 Å². The van der Waals surface area contributed by atoms with Gasteiger partial charge in [-0.1, -0.05) is 29.8 Å². The highest BCUT2D eigenvalue weighted by molar-refractivity contribution is 6.32. The number of halogens is 3. The summed E-state index contributed by atoms with van der Waals surface area (Å²) < 4.78 is 37.9. The normalized spacial score (nSPS) is 11.1. The molecule has 24 heavy (non-hydrogen) atoms. The molecule has 0 amide bonds. The fourth-order valence-corrected chi connectivity index (χ4v) is 2.77. The SMILES string of the molecule is COCCN(Cc1cc(F)c(OC)c(Cl)c1)Cc1ccccc1F. The van der Waals surface area contributed by atoms with Crippen LogP contribution in [0.25, 0.3) is 0 Å². The maximum atomic E-state index is 14.0. The molecular weight excluding hydrogens is 336 g/mol. The molecule has 0 aromatic heterocycles. The van der Waals surface area contributed by atoms with E-state index in [1.807, 2.05) is 4.90 Å². The van der Waals surface area contributed by atoms with Gasteiger partial charge in [0.05, 0.1) is 18.7 Å². The third kappa shape index (κ3) is 4.90. The molecule has 3 nitrogen and oxygen atoms in total. The third-order valence-corrected chi connectivity index (χ3v) is 3.91. The quantitative estimate of drug-likeness (QED) is 0.705. The zero-order valence-corrected chi connectivity index (χ0v) is 14.4. The van der Waals surface area contributed by atoms with Gasteiger partial charge in [-0.15, -0.1) is 0 Å². The van der Waals surface area contributed by atoms with E-state index in [2.05, 4.69) is 0 Å². The molecule has 0 N–H and O–H groups in total. The van der Waals surface area contributed by atoms with Crippen LogP contribution in [0.15, 0.2) is 36.4 Å². The third-order valence-electron chi connectivity index (χ3n) is 3.63. The maximum absolute atomic E-state index is 14.0. The Hall–Kier alpha value is -1.69. The zero-order valence-electron chi connectivity index (χ0n) is 13.7. The smallest absolute Gasteiger partial charge is 0.173 e. The molecule has 0 aliphatic heterocycles. The van der Waals surface area contributed by atoms with Crippen LogP contribution in [-0.4, -0.2) is 32.3 Å². The summed E-state index contributed by atoms with van der Waals surface area (Å²) in [6.07, 6.45) is 0. The van der Waals surface area contributed by atoms with E-state index in [4.69, 9.17) is 21.1 Å². The summed E-state index contributed by atoms with van der Waals surface area (Å²) in [6, 6.07) is 9.63. The number of hydrogen-bond acceptors (Lipinski definition) is 3. The lowest BCUT2D eigenvalue weighted by molar-refractivity contribution is 0.139. The lowest BCUT2D eigenvalue weighted by atomic mass is 10.1. The minimum atomic E-state index is -0.516. The van der Waals surface area contributed by atoms with Crippen LogP contribution in [0.3, 0.4) is 0 Å². The lowest BCUT2D eigenvalue weighted by Gasteiger charge is -2.23. The van der Waals surface area contributed by atoms with Crippen LogP contribution < -0.4 is 4.74 Å². The minimum Gasteiger partial charge on any atom is -0.492 e. The second kappa shape index (κ2) is 8.97. The van der Waals surface area contributed by atoms with Crippen molar-refractivity contribution in [1.82, 2.24) is 4.90 Å². The van der Waals surface area contributed by atoms with Gasteiger partial charge in [0.1, 0.15) is 5.82 Å². The van der Waals surface area contributed by atoms with Crippen molar-refractivity contribution in [3.63, 3.8) is 0 Å². The molecule has 0 spiro atoms. The van der Waals surface area contributed by atoms with Crippen molar-refractivity contribution in [3.05, 3.63) is 64.2 Å². The number of nitrogens with zero attached hydrogens (tertiary/aromatic N) is 1. The molecule has 0 aliphatic rings. The van der Waals surface area contributed by atoms with Crippen LogP contribution >= 0.6 is 11.6 Å². The van der Waals surface area contributed by atoms with Crippen LogP contribution in [0.4, 0.5) is 8.78 Å². The molecule has 0 bridgehead atoms. The average Bonchev–Trinajstić information content (AvgIpc) is 2.54. The second-order valence-electron chi connectivity index (χ2n) is 5.39. The van der Waals surface area contributed by atoms with Crippen molar-refractivity contribution in [3.8, 4) is 5.75 Å². The van der Waals surface area contributed by atoms with Crippen molar-refractivity contribution in [2.75, 3.05) is 27.4 Å². The van der Waals surface area contributed by atoms with Crippen molar-refractivity contribution in [2.45, 2.75) is 13.1 Å². The van der Waals surface area contributed by atoms with Gasteiger partial charge in [-0.25, -0.2) is 8.78 Å². The molecule has 0 saturated heterocycles. The Morgan fingerprint density at radius 2 is 1.79 bits per heavy atom. The van der Waals surface area contributed by atoms with Gasteiger partial charge in [-0.2, -0.15) is 0 Å². The van der Waals surface area contributed by atoms with Gasteiger partial charge >= 0.3 is 0 Å². The summed E-state index contributed by atoms with van der Waals surface area (Å²) >= 11 is 6.04. The maximum Gasteiger partial charge on any atom is 0.173 e. The first kappa shape index (κ1) is 18.6. The van der Waals surface area contributed by atoms with Gasteiger partial charge < -0.3 is 9.47 Å². The average molecular weight is 356 g/mol. The fraction of sp³-hybridized carbons (Fsp3) is 0.333. The molecule has 2 aromatic rings. The molecule has 2 rings (SSSR count). The van der Waals surface area contributed by atoms with Crippen LogP contribution in [0.5, 0.6) is 5.75 Å². The number of hydrogen-bond donors (Lipinski definition) is 0. The summed E-state index contributed by atoms with van der Waals surface area (Å²) in [5, 5.41) is 0.213. The van der Waals surface area contributed by atoms with Crippen molar-refractivity contribution in [1.29, 1.82) is 0 Å². The van der Waals surface area contributed by atoms with E-state index in [-0.39, 0.29) is 16.6 Å². The minimum absolute atomic E-state index is 0.0259. The highest BCUT2D eigenvalue weighted by Gasteiger charge is 2.14. The van der Waals surface area contributed by atoms with Crippen LogP contribution in [0.1, 0.15) is 11.1 Å². The fourth-order valence-electron chi connectivity index (χ4n) is 2.46. The number of rotatable bonds is 8. The Labute approximate surface area is 145 Å². The summed E-state index contributed by atoms with van der Waals surface area (Å²) in [4.78, 5) is 1.97. The monoisotopic (exact) mass is 355 g/mol. The molecule has 0 aliphatic carbocycles. The van der Waals surface area contributed by atoms with E-state index in [1.54, 1.807) is 31.4 Å². The van der Waals surface area contributed by atoms with Crippen molar-refractivity contribution in [2.24, 2.45) is 0 Å². The molecule has 2 aromatic carbocycles. The molecule has 0 heterocycles. The second-order valence-corrected chi connectivity index (χ2v) is 5.79. The predicted molar refractivity (Wildman–Crippen MR) is 90.4 cm³/mol. The molecule has 6 heteroatoms. The first-order valence-electron chi connectivity index (χ1n) is 7.51. The molecule has 130 valence electrons. The first-order valence-corrected chi connectivity index (χ1v) is 7.89. The molecule has 0 atom stereocenters. The van der Waals surface area contributed by atoms with E-state index >= 15 is 0 Å². The Kier molecular flexibility index (Phi) is 6.97. The molecule has 0 unspecified atom stereocenters. The topological polar surface area (TPSA) is 21.7 Å². The molecular formula is C18H20ClF2NO2. The largest absolute Gasteiger partial charge is 0.492 e. The lowest BCUT2D eigenvalue weighted by Crippen LogP contribution is -2.27. The number of benzene rings is 2. The summed E-state index contributed by atoms with van der Waals surface area (Å²) in [7, 11) is 2.97. The number of methoxy groups -OCH3 is 2. The molecule has 0 radical (unpaired) electrons. The predicted octanol–water partition coefficient (Wildman–Crippen LogP) is 4.28. The van der Waals surface area contributed by atoms with E-state index < -0.39 is 5.82 Å². The van der Waals surface area contributed by atoms with Crippen LogP contribution in [-0.2, 0) is 17.8 Å². The summed E-state index contributed by atoms with van der Waals surface area (Å²) in [5.41, 5.74) is 1.26. The van der Waals surface area contributed by atoms with Gasteiger partial charge in [-0.3, -0.25) is 4.90 Å². The Morgan fingerprint density at radius 3 is 2.42 bits per heavy atom.